The summed E-state index contributed by atoms with van der Waals surface area (Å²) in [6.45, 7) is 0.666. The number of carbonyl (C=O) groups excluding carboxylic acids is 1. The number of amides is 1. The number of nitrogens with zero attached hydrogens (tertiary/aromatic N) is 1. The van der Waals surface area contributed by atoms with Gasteiger partial charge in [0.15, 0.2) is 0 Å². The fourth-order valence-corrected chi connectivity index (χ4v) is 3.41. The van der Waals surface area contributed by atoms with Gasteiger partial charge in [-0.25, -0.2) is 0 Å². The monoisotopic (exact) mass is 295 g/mol. The number of carboxylic acids is 1. The topological polar surface area (TPSA) is 66.8 Å². The van der Waals surface area contributed by atoms with E-state index in [2.05, 4.69) is 0 Å². The maximum absolute atomic E-state index is 12.1. The largest absolute Gasteiger partial charge is 0.497 e. The van der Waals surface area contributed by atoms with E-state index in [1.54, 1.807) is 23.8 Å². The Kier molecular flexibility index (Phi) is 4.89. The lowest BCUT2D eigenvalue weighted by atomic mass is 10.2. The second-order valence-corrected chi connectivity index (χ2v) is 5.67. The van der Waals surface area contributed by atoms with Gasteiger partial charge >= 0.3 is 5.97 Å². The van der Waals surface area contributed by atoms with Crippen LogP contribution in [0.25, 0.3) is 0 Å². The summed E-state index contributed by atoms with van der Waals surface area (Å²) in [7, 11) is 1.61. The minimum absolute atomic E-state index is 0.0257. The van der Waals surface area contributed by atoms with Gasteiger partial charge in [-0.2, -0.15) is 0 Å². The van der Waals surface area contributed by atoms with Crippen LogP contribution in [0.4, 0.5) is 0 Å². The minimum Gasteiger partial charge on any atom is -0.497 e. The van der Waals surface area contributed by atoms with Crippen molar-refractivity contribution in [1.82, 2.24) is 4.90 Å². The first kappa shape index (κ1) is 14.7. The SMILES string of the molecule is COc1ccc(C2SCCN2C(=O)CCC(=O)O)cc1. The highest BCUT2D eigenvalue weighted by Crippen LogP contribution is 2.38. The third kappa shape index (κ3) is 3.45. The Hall–Kier alpha value is -1.69. The van der Waals surface area contributed by atoms with Crippen LogP contribution in [0.1, 0.15) is 23.8 Å². The van der Waals surface area contributed by atoms with E-state index < -0.39 is 5.97 Å². The number of carboxylic acid groups (broad SMARTS) is 1. The van der Waals surface area contributed by atoms with Gasteiger partial charge in [0.2, 0.25) is 5.91 Å². The lowest BCUT2D eigenvalue weighted by Gasteiger charge is -2.24. The van der Waals surface area contributed by atoms with Crippen molar-refractivity contribution in [2.75, 3.05) is 19.4 Å². The van der Waals surface area contributed by atoms with Crippen molar-refractivity contribution in [3.05, 3.63) is 29.8 Å². The third-order valence-corrected chi connectivity index (χ3v) is 4.43. The summed E-state index contributed by atoms with van der Waals surface area (Å²) in [6, 6.07) is 7.63. The van der Waals surface area contributed by atoms with Gasteiger partial charge in [0, 0.05) is 18.7 Å². The average Bonchev–Trinajstić information content (AvgIpc) is 2.94. The second-order valence-electron chi connectivity index (χ2n) is 4.48. The normalized spacial score (nSPS) is 18.1. The van der Waals surface area contributed by atoms with Crippen LogP contribution in [0.3, 0.4) is 0 Å². The smallest absolute Gasteiger partial charge is 0.303 e. The highest BCUT2D eigenvalue weighted by atomic mass is 32.2. The minimum atomic E-state index is -0.939. The molecular formula is C14H17NO4S. The maximum Gasteiger partial charge on any atom is 0.303 e. The number of thioether (sulfide) groups is 1. The third-order valence-electron chi connectivity index (χ3n) is 3.17. The molecule has 0 radical (unpaired) electrons. The van der Waals surface area contributed by atoms with Crippen molar-refractivity contribution in [1.29, 1.82) is 0 Å². The van der Waals surface area contributed by atoms with Crippen LogP contribution in [-0.2, 0) is 9.59 Å². The van der Waals surface area contributed by atoms with Gasteiger partial charge in [0.05, 0.1) is 13.5 Å². The van der Waals surface area contributed by atoms with E-state index in [-0.39, 0.29) is 24.1 Å². The molecule has 108 valence electrons. The molecule has 2 rings (SSSR count). The van der Waals surface area contributed by atoms with Crippen molar-refractivity contribution >= 4 is 23.6 Å². The van der Waals surface area contributed by atoms with Crippen LogP contribution in [-0.4, -0.2) is 41.3 Å². The molecule has 1 heterocycles. The molecule has 0 saturated carbocycles. The van der Waals surface area contributed by atoms with Gasteiger partial charge < -0.3 is 14.7 Å². The van der Waals surface area contributed by atoms with E-state index in [1.165, 1.54) is 0 Å². The molecular weight excluding hydrogens is 278 g/mol. The summed E-state index contributed by atoms with van der Waals surface area (Å²) in [5, 5.41) is 8.63. The Labute approximate surface area is 121 Å². The van der Waals surface area contributed by atoms with Gasteiger partial charge in [0.1, 0.15) is 11.1 Å². The van der Waals surface area contributed by atoms with Gasteiger partial charge in [0.25, 0.3) is 0 Å². The molecule has 5 nitrogen and oxygen atoms in total. The second kappa shape index (κ2) is 6.65. The number of aliphatic carboxylic acids is 1. The molecule has 1 fully saturated rings. The number of ether oxygens (including phenoxy) is 1. The first-order valence-corrected chi connectivity index (χ1v) is 7.43. The van der Waals surface area contributed by atoms with Crippen LogP contribution in [0.5, 0.6) is 5.75 Å². The predicted molar refractivity (Wildman–Crippen MR) is 76.8 cm³/mol. The van der Waals surface area contributed by atoms with Crippen molar-refractivity contribution in [2.24, 2.45) is 0 Å². The molecule has 1 atom stereocenters. The zero-order valence-electron chi connectivity index (χ0n) is 11.2. The Balaban J connectivity index is 2.05. The van der Waals surface area contributed by atoms with Crippen LogP contribution in [0.2, 0.25) is 0 Å². The number of hydrogen-bond acceptors (Lipinski definition) is 4. The Morgan fingerprint density at radius 2 is 2.05 bits per heavy atom. The van der Waals surface area contributed by atoms with Gasteiger partial charge in [-0.05, 0) is 17.7 Å². The predicted octanol–water partition coefficient (Wildman–Crippen LogP) is 2.13. The lowest BCUT2D eigenvalue weighted by Crippen LogP contribution is -2.30. The Bertz CT molecular complexity index is 488. The van der Waals surface area contributed by atoms with E-state index in [1.807, 2.05) is 24.3 Å². The van der Waals surface area contributed by atoms with Crippen molar-refractivity contribution in [3.8, 4) is 5.75 Å². The van der Waals surface area contributed by atoms with Crippen molar-refractivity contribution in [2.45, 2.75) is 18.2 Å². The summed E-state index contributed by atoms with van der Waals surface area (Å²) in [4.78, 5) is 24.4. The molecule has 0 spiro atoms. The Morgan fingerprint density at radius 1 is 1.35 bits per heavy atom. The van der Waals surface area contributed by atoms with Crippen LogP contribution >= 0.6 is 11.8 Å². The molecule has 1 aromatic rings. The molecule has 0 aliphatic carbocycles. The van der Waals surface area contributed by atoms with Gasteiger partial charge in [-0.1, -0.05) is 12.1 Å². The molecule has 1 N–H and O–H groups in total. The zero-order valence-corrected chi connectivity index (χ0v) is 12.1. The molecule has 0 aromatic heterocycles. The molecule has 1 amide bonds. The Morgan fingerprint density at radius 3 is 2.65 bits per heavy atom. The zero-order chi connectivity index (χ0) is 14.5. The van der Waals surface area contributed by atoms with Gasteiger partial charge in [-0.3, -0.25) is 9.59 Å². The number of hydrogen-bond donors (Lipinski definition) is 1. The fourth-order valence-electron chi connectivity index (χ4n) is 2.13. The van der Waals surface area contributed by atoms with E-state index in [0.29, 0.717) is 6.54 Å². The first-order chi connectivity index (χ1) is 9.61. The van der Waals surface area contributed by atoms with Crippen molar-refractivity contribution < 1.29 is 19.4 Å². The summed E-state index contributed by atoms with van der Waals surface area (Å²) < 4.78 is 5.12. The first-order valence-electron chi connectivity index (χ1n) is 6.38. The quantitative estimate of drug-likeness (QED) is 0.901. The lowest BCUT2D eigenvalue weighted by molar-refractivity contribution is -0.141. The number of rotatable bonds is 5. The number of carbonyl (C=O) groups is 2. The van der Waals surface area contributed by atoms with E-state index in [4.69, 9.17) is 9.84 Å². The van der Waals surface area contributed by atoms with Crippen LogP contribution in [0.15, 0.2) is 24.3 Å². The molecule has 1 aliphatic heterocycles. The molecule has 1 aliphatic rings. The van der Waals surface area contributed by atoms with Gasteiger partial charge in [-0.15, -0.1) is 11.8 Å². The van der Waals surface area contributed by atoms with Crippen LogP contribution < -0.4 is 4.74 Å². The fraction of sp³-hybridized carbons (Fsp3) is 0.429. The molecule has 1 saturated heterocycles. The number of methoxy groups -OCH3 is 1. The van der Waals surface area contributed by atoms with Crippen molar-refractivity contribution in [3.63, 3.8) is 0 Å². The number of benzene rings is 1. The molecule has 1 unspecified atom stereocenters. The van der Waals surface area contributed by atoms with E-state index >= 15 is 0 Å². The van der Waals surface area contributed by atoms with E-state index in [9.17, 15) is 9.59 Å². The molecule has 1 aromatic carbocycles. The molecule has 6 heteroatoms. The summed E-state index contributed by atoms with van der Waals surface area (Å²) in [6.07, 6.45) is -0.0577. The highest BCUT2D eigenvalue weighted by Gasteiger charge is 2.30. The average molecular weight is 295 g/mol. The van der Waals surface area contributed by atoms with Crippen LogP contribution in [0, 0.1) is 0 Å². The maximum atomic E-state index is 12.1. The molecule has 20 heavy (non-hydrogen) atoms. The summed E-state index contributed by atoms with van der Waals surface area (Å²) >= 11 is 1.70. The van der Waals surface area contributed by atoms with E-state index in [0.717, 1.165) is 17.1 Å². The standard InChI is InChI=1S/C14H17NO4S/c1-19-11-4-2-10(3-5-11)14-15(8-9-20-14)12(16)6-7-13(17)18/h2-5,14H,6-9H2,1H3,(H,17,18). The summed E-state index contributed by atoms with van der Waals surface area (Å²) in [5.41, 5.74) is 1.04. The summed E-state index contributed by atoms with van der Waals surface area (Å²) in [5.74, 6) is 0.611. The highest BCUT2D eigenvalue weighted by molar-refractivity contribution is 7.99. The molecule has 0 bridgehead atoms.